The van der Waals surface area contributed by atoms with Crippen molar-refractivity contribution in [2.24, 2.45) is 0 Å². The van der Waals surface area contributed by atoms with Crippen molar-refractivity contribution in [1.29, 1.82) is 5.26 Å². The van der Waals surface area contributed by atoms with Gasteiger partial charge in [0, 0.05) is 11.3 Å². The van der Waals surface area contributed by atoms with Gasteiger partial charge in [-0.1, -0.05) is 42.5 Å². The van der Waals surface area contributed by atoms with E-state index >= 15 is 0 Å². The summed E-state index contributed by atoms with van der Waals surface area (Å²) in [5, 5.41) is 9.39. The average molecular weight is 324 g/mol. The van der Waals surface area contributed by atoms with Gasteiger partial charge >= 0.3 is 0 Å². The minimum absolute atomic E-state index is 0.578. The normalized spacial score (nSPS) is 10.7. The second-order valence-electron chi connectivity index (χ2n) is 5.90. The summed E-state index contributed by atoms with van der Waals surface area (Å²) in [6.07, 6.45) is 0. The third-order valence-electron chi connectivity index (χ3n) is 4.27. The number of aromatic nitrogens is 2. The smallest absolute Gasteiger partial charge is 0.141 e. The molecule has 0 bridgehead atoms. The zero-order valence-corrected chi connectivity index (χ0v) is 13.6. The van der Waals surface area contributed by atoms with Crippen molar-refractivity contribution in [2.45, 2.75) is 6.54 Å². The van der Waals surface area contributed by atoms with Crippen molar-refractivity contribution in [2.75, 3.05) is 5.73 Å². The van der Waals surface area contributed by atoms with Crippen molar-refractivity contribution in [3.05, 3.63) is 83.9 Å². The quantitative estimate of drug-likeness (QED) is 0.574. The lowest BCUT2D eigenvalue weighted by Gasteiger charge is -2.11. The summed E-state index contributed by atoms with van der Waals surface area (Å²) in [5.41, 5.74) is 11.2. The van der Waals surface area contributed by atoms with Gasteiger partial charge in [0.2, 0.25) is 0 Å². The second-order valence-corrected chi connectivity index (χ2v) is 5.90. The molecular formula is C21H16N4. The van der Waals surface area contributed by atoms with Crippen LogP contribution in [0, 0.1) is 11.3 Å². The predicted molar refractivity (Wildman–Crippen MR) is 99.8 cm³/mol. The summed E-state index contributed by atoms with van der Waals surface area (Å²) in [4.78, 5) is 4.80. The Kier molecular flexibility index (Phi) is 3.68. The Hall–Kier alpha value is -3.58. The first-order valence-corrected chi connectivity index (χ1v) is 8.05. The lowest BCUT2D eigenvalue weighted by molar-refractivity contribution is 0.832. The highest BCUT2D eigenvalue weighted by Gasteiger charge is 2.14. The molecule has 4 rings (SSSR count). The molecule has 0 radical (unpaired) electrons. The topological polar surface area (TPSA) is 67.6 Å². The highest BCUT2D eigenvalue weighted by atomic mass is 15.1. The standard InChI is InChI=1S/C21H16N4/c22-13-16-6-1-2-7-17(16)14-25-20-11-4-3-10-19(20)24-21(25)15-8-5-9-18(23)12-15/h1-12H,14,23H2. The van der Waals surface area contributed by atoms with Gasteiger partial charge in [0.15, 0.2) is 0 Å². The lowest BCUT2D eigenvalue weighted by Crippen LogP contribution is -2.04. The van der Waals surface area contributed by atoms with E-state index in [4.69, 9.17) is 10.7 Å². The zero-order chi connectivity index (χ0) is 17.2. The molecule has 120 valence electrons. The van der Waals surface area contributed by atoms with Crippen LogP contribution in [0.3, 0.4) is 0 Å². The summed E-state index contributed by atoms with van der Waals surface area (Å²) in [6.45, 7) is 0.578. The molecule has 4 nitrogen and oxygen atoms in total. The molecule has 0 saturated carbocycles. The van der Waals surface area contributed by atoms with Gasteiger partial charge in [-0.05, 0) is 35.9 Å². The molecule has 0 fully saturated rings. The number of para-hydroxylation sites is 2. The lowest BCUT2D eigenvalue weighted by atomic mass is 10.1. The molecular weight excluding hydrogens is 308 g/mol. The van der Waals surface area contributed by atoms with Gasteiger partial charge in [-0.3, -0.25) is 0 Å². The van der Waals surface area contributed by atoms with Crippen LogP contribution in [0.15, 0.2) is 72.8 Å². The van der Waals surface area contributed by atoms with E-state index in [1.807, 2.05) is 72.8 Å². The van der Waals surface area contributed by atoms with Crippen LogP contribution in [-0.4, -0.2) is 9.55 Å². The Labute approximate surface area is 145 Å². The third-order valence-corrected chi connectivity index (χ3v) is 4.27. The van der Waals surface area contributed by atoms with Gasteiger partial charge in [0.1, 0.15) is 5.82 Å². The number of imidazole rings is 1. The highest BCUT2D eigenvalue weighted by molar-refractivity contribution is 5.81. The molecule has 0 saturated heterocycles. The SMILES string of the molecule is N#Cc1ccccc1Cn1c(-c2cccc(N)c2)nc2ccccc21. The Morgan fingerprint density at radius 3 is 2.60 bits per heavy atom. The summed E-state index contributed by atoms with van der Waals surface area (Å²) in [6, 6.07) is 25.7. The molecule has 0 atom stereocenters. The van der Waals surface area contributed by atoms with E-state index in [2.05, 4.69) is 10.6 Å². The van der Waals surface area contributed by atoms with Crippen LogP contribution < -0.4 is 5.73 Å². The Morgan fingerprint density at radius 1 is 0.960 bits per heavy atom. The van der Waals surface area contributed by atoms with E-state index in [9.17, 15) is 5.26 Å². The maximum atomic E-state index is 9.39. The van der Waals surface area contributed by atoms with Crippen molar-refractivity contribution >= 4 is 16.7 Å². The molecule has 0 aliphatic carbocycles. The molecule has 4 heteroatoms. The average Bonchev–Trinajstić information content (AvgIpc) is 3.01. The number of anilines is 1. The van der Waals surface area contributed by atoms with Crippen LogP contribution in [0.4, 0.5) is 5.69 Å². The first-order valence-electron chi connectivity index (χ1n) is 8.05. The molecule has 3 aromatic carbocycles. The number of hydrogen-bond donors (Lipinski definition) is 1. The van der Waals surface area contributed by atoms with Crippen molar-refractivity contribution < 1.29 is 0 Å². The monoisotopic (exact) mass is 324 g/mol. The van der Waals surface area contributed by atoms with Crippen molar-refractivity contribution in [1.82, 2.24) is 9.55 Å². The number of benzene rings is 3. The van der Waals surface area contributed by atoms with Gasteiger partial charge in [-0.2, -0.15) is 5.26 Å². The number of hydrogen-bond acceptors (Lipinski definition) is 3. The van der Waals surface area contributed by atoms with E-state index in [-0.39, 0.29) is 0 Å². The molecule has 0 spiro atoms. The van der Waals surface area contributed by atoms with E-state index in [1.165, 1.54) is 0 Å². The van der Waals surface area contributed by atoms with Gasteiger partial charge in [0.05, 0.1) is 29.2 Å². The van der Waals surface area contributed by atoms with Crippen LogP contribution in [0.2, 0.25) is 0 Å². The highest BCUT2D eigenvalue weighted by Crippen LogP contribution is 2.27. The predicted octanol–water partition coefficient (Wildman–Crippen LogP) is 4.21. The number of rotatable bonds is 3. The maximum Gasteiger partial charge on any atom is 0.141 e. The Balaban J connectivity index is 1.93. The minimum Gasteiger partial charge on any atom is -0.399 e. The summed E-state index contributed by atoms with van der Waals surface area (Å²) < 4.78 is 2.14. The molecule has 4 aromatic rings. The van der Waals surface area contributed by atoms with Gasteiger partial charge < -0.3 is 10.3 Å². The van der Waals surface area contributed by atoms with Gasteiger partial charge in [0.25, 0.3) is 0 Å². The van der Waals surface area contributed by atoms with Crippen molar-refractivity contribution in [3.8, 4) is 17.5 Å². The molecule has 25 heavy (non-hydrogen) atoms. The number of nitrogens with zero attached hydrogens (tertiary/aromatic N) is 3. The molecule has 1 aromatic heterocycles. The second kappa shape index (κ2) is 6.14. The van der Waals surface area contributed by atoms with Crippen LogP contribution in [0.5, 0.6) is 0 Å². The summed E-state index contributed by atoms with van der Waals surface area (Å²) >= 11 is 0. The first kappa shape index (κ1) is 15.0. The zero-order valence-electron chi connectivity index (χ0n) is 13.6. The number of nitriles is 1. The summed E-state index contributed by atoms with van der Waals surface area (Å²) in [5.74, 6) is 0.848. The van der Waals surface area contributed by atoms with Crippen molar-refractivity contribution in [3.63, 3.8) is 0 Å². The van der Waals surface area contributed by atoms with E-state index < -0.39 is 0 Å². The maximum absolute atomic E-state index is 9.39. The molecule has 0 unspecified atom stereocenters. The molecule has 0 aliphatic heterocycles. The number of nitrogens with two attached hydrogens (primary N) is 1. The van der Waals surface area contributed by atoms with Crippen LogP contribution in [0.1, 0.15) is 11.1 Å². The van der Waals surface area contributed by atoms with Gasteiger partial charge in [-0.15, -0.1) is 0 Å². The fraction of sp³-hybridized carbons (Fsp3) is 0.0476. The fourth-order valence-corrected chi connectivity index (χ4v) is 3.07. The number of nitrogen functional groups attached to an aromatic ring is 1. The minimum atomic E-state index is 0.578. The Morgan fingerprint density at radius 2 is 1.76 bits per heavy atom. The van der Waals surface area contributed by atoms with E-state index in [0.29, 0.717) is 17.8 Å². The molecule has 0 aliphatic rings. The van der Waals surface area contributed by atoms with Gasteiger partial charge in [-0.25, -0.2) is 4.98 Å². The third kappa shape index (κ3) is 2.73. The van der Waals surface area contributed by atoms with E-state index in [0.717, 1.165) is 28.0 Å². The molecule has 1 heterocycles. The Bertz CT molecular complexity index is 1100. The van der Waals surface area contributed by atoms with Crippen LogP contribution in [0.25, 0.3) is 22.4 Å². The van der Waals surface area contributed by atoms with E-state index in [1.54, 1.807) is 0 Å². The fourth-order valence-electron chi connectivity index (χ4n) is 3.07. The van der Waals surface area contributed by atoms with Crippen LogP contribution in [-0.2, 0) is 6.54 Å². The summed E-state index contributed by atoms with van der Waals surface area (Å²) in [7, 11) is 0. The van der Waals surface area contributed by atoms with Crippen LogP contribution >= 0.6 is 0 Å². The molecule has 0 amide bonds. The largest absolute Gasteiger partial charge is 0.399 e. The molecule has 2 N–H and O–H groups in total. The number of fused-ring (bicyclic) bond motifs is 1. The first-order chi connectivity index (χ1) is 12.3.